The number of carbonyl (C=O) groups is 1. The minimum absolute atomic E-state index is 0.0297. The summed E-state index contributed by atoms with van der Waals surface area (Å²) in [4.78, 5) is 15.0. The van der Waals surface area contributed by atoms with E-state index >= 15 is 0 Å². The van der Waals surface area contributed by atoms with Crippen molar-refractivity contribution in [1.82, 2.24) is 15.1 Å². The van der Waals surface area contributed by atoms with Crippen LogP contribution in [0.3, 0.4) is 0 Å². The third kappa shape index (κ3) is 4.06. The van der Waals surface area contributed by atoms with Crippen molar-refractivity contribution in [1.29, 1.82) is 0 Å². The molecule has 1 aliphatic heterocycles. The Kier molecular flexibility index (Phi) is 5.14. The summed E-state index contributed by atoms with van der Waals surface area (Å²) < 4.78 is 25.7. The molecule has 4 rings (SSSR count). The van der Waals surface area contributed by atoms with Gasteiger partial charge in [0.15, 0.2) is 0 Å². The number of nitrogens with zero attached hydrogens (tertiary/aromatic N) is 2. The summed E-state index contributed by atoms with van der Waals surface area (Å²) in [5.74, 6) is 0.0808. The van der Waals surface area contributed by atoms with E-state index < -0.39 is 10.0 Å². The number of aromatic nitrogens is 2. The molecule has 2 aliphatic rings. The van der Waals surface area contributed by atoms with Crippen LogP contribution in [0.25, 0.3) is 0 Å². The molecule has 1 saturated heterocycles. The van der Waals surface area contributed by atoms with Gasteiger partial charge in [-0.15, -0.1) is 0 Å². The molecule has 1 atom stereocenters. The average molecular weight is 403 g/mol. The number of aryl methyl sites for hydroxylation is 2. The number of piperidine rings is 1. The lowest BCUT2D eigenvalue weighted by molar-refractivity contribution is 0.0706. The van der Waals surface area contributed by atoms with Crippen molar-refractivity contribution < 1.29 is 13.2 Å². The molecule has 0 radical (unpaired) electrons. The molecule has 1 aromatic heterocycles. The number of anilines is 1. The number of amides is 1. The first-order chi connectivity index (χ1) is 13.4. The maximum Gasteiger partial charge on any atom is 0.253 e. The van der Waals surface area contributed by atoms with E-state index in [9.17, 15) is 13.2 Å². The fraction of sp³-hybridized carbons (Fsp3) is 0.500. The zero-order valence-corrected chi connectivity index (χ0v) is 16.9. The molecule has 28 heavy (non-hydrogen) atoms. The van der Waals surface area contributed by atoms with Crippen LogP contribution in [0.2, 0.25) is 0 Å². The second-order valence-electron chi connectivity index (χ2n) is 7.85. The highest BCUT2D eigenvalue weighted by atomic mass is 32.2. The second kappa shape index (κ2) is 7.58. The highest BCUT2D eigenvalue weighted by Gasteiger charge is 2.29. The van der Waals surface area contributed by atoms with Crippen LogP contribution >= 0.6 is 0 Å². The molecule has 2 aromatic rings. The summed E-state index contributed by atoms with van der Waals surface area (Å²) in [5, 5.41) is 6.93. The lowest BCUT2D eigenvalue weighted by Gasteiger charge is -2.33. The first-order valence-corrected chi connectivity index (χ1v) is 11.7. The molecule has 1 aliphatic carbocycles. The smallest absolute Gasteiger partial charge is 0.253 e. The number of likely N-dealkylation sites (tertiary alicyclic amines) is 1. The third-order valence-electron chi connectivity index (χ3n) is 5.68. The second-order valence-corrected chi connectivity index (χ2v) is 9.60. The van der Waals surface area contributed by atoms with Crippen molar-refractivity contribution >= 4 is 21.6 Å². The SMILES string of the molecule is CS(=O)(=O)Nc1cn[nH]c1C1CCCN(C(=O)c2ccc3c(c2)CCCC3)C1. The Balaban J connectivity index is 1.51. The number of rotatable bonds is 4. The largest absolute Gasteiger partial charge is 0.338 e. The Bertz CT molecular complexity index is 983. The van der Waals surface area contributed by atoms with E-state index in [2.05, 4.69) is 27.1 Å². The van der Waals surface area contributed by atoms with E-state index in [1.807, 2.05) is 11.0 Å². The van der Waals surface area contributed by atoms with E-state index in [1.54, 1.807) is 0 Å². The minimum atomic E-state index is -3.38. The summed E-state index contributed by atoms with van der Waals surface area (Å²) in [6.07, 6.45) is 8.93. The van der Waals surface area contributed by atoms with Crippen LogP contribution < -0.4 is 4.72 Å². The molecule has 8 heteroatoms. The van der Waals surface area contributed by atoms with E-state index in [4.69, 9.17) is 0 Å². The van der Waals surface area contributed by atoms with Gasteiger partial charge in [-0.05, 0) is 61.8 Å². The lowest BCUT2D eigenvalue weighted by Crippen LogP contribution is -2.39. The average Bonchev–Trinajstić information content (AvgIpc) is 3.13. The molecular weight excluding hydrogens is 376 g/mol. The van der Waals surface area contributed by atoms with Gasteiger partial charge in [-0.2, -0.15) is 5.10 Å². The number of hydrogen-bond donors (Lipinski definition) is 2. The zero-order valence-electron chi connectivity index (χ0n) is 16.1. The molecule has 150 valence electrons. The van der Waals surface area contributed by atoms with Crippen LogP contribution in [-0.4, -0.2) is 48.8 Å². The molecule has 0 saturated carbocycles. The van der Waals surface area contributed by atoms with Gasteiger partial charge < -0.3 is 4.90 Å². The van der Waals surface area contributed by atoms with Crippen molar-refractivity contribution in [3.63, 3.8) is 0 Å². The highest BCUT2D eigenvalue weighted by Crippen LogP contribution is 2.31. The van der Waals surface area contributed by atoms with Gasteiger partial charge in [-0.3, -0.25) is 14.6 Å². The number of benzene rings is 1. The number of aromatic amines is 1. The molecule has 1 aromatic carbocycles. The van der Waals surface area contributed by atoms with Crippen LogP contribution in [0.15, 0.2) is 24.4 Å². The summed E-state index contributed by atoms with van der Waals surface area (Å²) >= 11 is 0. The number of H-pyrrole nitrogens is 1. The van der Waals surface area contributed by atoms with Crippen LogP contribution in [0, 0.1) is 0 Å². The van der Waals surface area contributed by atoms with Crippen LogP contribution in [-0.2, 0) is 22.9 Å². The zero-order chi connectivity index (χ0) is 19.7. The fourth-order valence-electron chi connectivity index (χ4n) is 4.33. The Morgan fingerprint density at radius 2 is 2.00 bits per heavy atom. The van der Waals surface area contributed by atoms with E-state index in [-0.39, 0.29) is 11.8 Å². The first kappa shape index (κ1) is 19.0. The van der Waals surface area contributed by atoms with Crippen molar-refractivity contribution in [2.24, 2.45) is 0 Å². The van der Waals surface area contributed by atoms with Gasteiger partial charge in [-0.1, -0.05) is 6.07 Å². The summed E-state index contributed by atoms with van der Waals surface area (Å²) in [6, 6.07) is 6.11. The predicted octanol–water partition coefficient (Wildman–Crippen LogP) is 2.68. The van der Waals surface area contributed by atoms with Crippen molar-refractivity contribution in [3.05, 3.63) is 46.8 Å². The summed E-state index contributed by atoms with van der Waals surface area (Å²) in [5.41, 5.74) is 4.64. The molecule has 1 fully saturated rings. The summed E-state index contributed by atoms with van der Waals surface area (Å²) in [6.45, 7) is 1.27. The molecule has 0 bridgehead atoms. The van der Waals surface area contributed by atoms with Crippen LogP contribution in [0.5, 0.6) is 0 Å². The van der Waals surface area contributed by atoms with E-state index in [1.165, 1.54) is 30.2 Å². The quantitative estimate of drug-likeness (QED) is 0.822. The Hall–Kier alpha value is -2.35. The maximum absolute atomic E-state index is 13.1. The standard InChI is InChI=1S/C20H26N4O3S/c1-28(26,27)23-18-12-21-22-19(18)17-7-4-10-24(13-17)20(25)16-9-8-14-5-2-3-6-15(14)11-16/h8-9,11-12,17,23H,2-7,10,13H2,1H3,(H,21,22). The Labute approximate surface area is 165 Å². The molecule has 2 heterocycles. The Morgan fingerprint density at radius 1 is 1.21 bits per heavy atom. The van der Waals surface area contributed by atoms with Gasteiger partial charge in [0, 0.05) is 24.6 Å². The van der Waals surface area contributed by atoms with Crippen molar-refractivity contribution in [2.45, 2.75) is 44.4 Å². The van der Waals surface area contributed by atoms with Gasteiger partial charge in [0.2, 0.25) is 10.0 Å². The van der Waals surface area contributed by atoms with Crippen LogP contribution in [0.1, 0.15) is 58.8 Å². The third-order valence-corrected chi connectivity index (χ3v) is 6.27. The number of fused-ring (bicyclic) bond motifs is 1. The number of sulfonamides is 1. The van der Waals surface area contributed by atoms with Gasteiger partial charge in [-0.25, -0.2) is 8.42 Å². The highest BCUT2D eigenvalue weighted by molar-refractivity contribution is 7.92. The van der Waals surface area contributed by atoms with Gasteiger partial charge >= 0.3 is 0 Å². The molecular formula is C20H26N4O3S. The molecule has 7 nitrogen and oxygen atoms in total. The molecule has 1 unspecified atom stereocenters. The fourth-order valence-corrected chi connectivity index (χ4v) is 4.90. The molecule has 0 spiro atoms. The first-order valence-electron chi connectivity index (χ1n) is 9.83. The van der Waals surface area contributed by atoms with Gasteiger partial charge in [0.1, 0.15) is 0 Å². The Morgan fingerprint density at radius 3 is 2.79 bits per heavy atom. The van der Waals surface area contributed by atoms with Crippen LogP contribution in [0.4, 0.5) is 5.69 Å². The number of hydrogen-bond acceptors (Lipinski definition) is 4. The van der Waals surface area contributed by atoms with Gasteiger partial charge in [0.25, 0.3) is 5.91 Å². The topological polar surface area (TPSA) is 95.2 Å². The van der Waals surface area contributed by atoms with Crippen molar-refractivity contribution in [2.75, 3.05) is 24.1 Å². The predicted molar refractivity (Wildman–Crippen MR) is 108 cm³/mol. The normalized spacial score (nSPS) is 19.9. The van der Waals surface area contributed by atoms with Crippen molar-refractivity contribution in [3.8, 4) is 0 Å². The van der Waals surface area contributed by atoms with E-state index in [0.29, 0.717) is 12.2 Å². The number of carbonyl (C=O) groups excluding carboxylic acids is 1. The van der Waals surface area contributed by atoms with Gasteiger partial charge in [0.05, 0.1) is 23.8 Å². The minimum Gasteiger partial charge on any atom is -0.338 e. The summed E-state index contributed by atoms with van der Waals surface area (Å²) in [7, 11) is -3.38. The molecule has 1 amide bonds. The molecule has 2 N–H and O–H groups in total. The maximum atomic E-state index is 13.1. The monoisotopic (exact) mass is 402 g/mol. The lowest BCUT2D eigenvalue weighted by atomic mass is 9.89. The van der Waals surface area contributed by atoms with E-state index in [0.717, 1.165) is 49.7 Å². The number of nitrogens with one attached hydrogen (secondary N) is 2.